The van der Waals surface area contributed by atoms with Crippen molar-refractivity contribution in [2.75, 3.05) is 33.4 Å². The SMILES string of the molecule is COc1ccc2c(c1)nc(-c1ccc(C)cc1)n2CN1CCOCC1. The number of fused-ring (bicyclic) bond motifs is 1. The summed E-state index contributed by atoms with van der Waals surface area (Å²) >= 11 is 0. The number of aryl methyl sites for hydroxylation is 1. The van der Waals surface area contributed by atoms with Crippen molar-refractivity contribution >= 4 is 11.0 Å². The van der Waals surface area contributed by atoms with E-state index in [1.165, 1.54) is 5.56 Å². The molecule has 0 aliphatic carbocycles. The molecule has 0 amide bonds. The molecule has 130 valence electrons. The van der Waals surface area contributed by atoms with Gasteiger partial charge >= 0.3 is 0 Å². The van der Waals surface area contributed by atoms with Gasteiger partial charge in [-0.05, 0) is 19.1 Å². The Hall–Kier alpha value is -2.37. The molecular formula is C20H23N3O2. The third-order valence-electron chi connectivity index (χ3n) is 4.71. The minimum Gasteiger partial charge on any atom is -0.497 e. The molecule has 5 nitrogen and oxygen atoms in total. The smallest absolute Gasteiger partial charge is 0.142 e. The van der Waals surface area contributed by atoms with Gasteiger partial charge in [-0.3, -0.25) is 4.90 Å². The van der Waals surface area contributed by atoms with Crippen LogP contribution in [0.5, 0.6) is 5.75 Å². The van der Waals surface area contributed by atoms with Crippen LogP contribution in [0, 0.1) is 6.92 Å². The predicted molar refractivity (Wildman–Crippen MR) is 98.9 cm³/mol. The second kappa shape index (κ2) is 6.86. The standard InChI is InChI=1S/C20H23N3O2/c1-15-3-5-16(6-4-15)20-21-18-13-17(24-2)7-8-19(18)23(20)14-22-9-11-25-12-10-22/h3-8,13H,9-12,14H2,1-2H3. The van der Waals surface area contributed by atoms with Gasteiger partial charge in [-0.15, -0.1) is 0 Å². The number of methoxy groups -OCH3 is 1. The van der Waals surface area contributed by atoms with Crippen LogP contribution in [0.3, 0.4) is 0 Å². The summed E-state index contributed by atoms with van der Waals surface area (Å²) in [5, 5.41) is 0. The summed E-state index contributed by atoms with van der Waals surface area (Å²) in [4.78, 5) is 7.32. The third kappa shape index (κ3) is 3.25. The lowest BCUT2D eigenvalue weighted by molar-refractivity contribution is 0.0244. The Kier molecular flexibility index (Phi) is 4.42. The van der Waals surface area contributed by atoms with Gasteiger partial charge in [0.25, 0.3) is 0 Å². The summed E-state index contributed by atoms with van der Waals surface area (Å²) in [5.74, 6) is 1.83. The fourth-order valence-corrected chi connectivity index (χ4v) is 3.25. The lowest BCUT2D eigenvalue weighted by Crippen LogP contribution is -2.37. The highest BCUT2D eigenvalue weighted by molar-refractivity contribution is 5.82. The molecule has 0 saturated carbocycles. The van der Waals surface area contributed by atoms with Crippen molar-refractivity contribution < 1.29 is 9.47 Å². The maximum absolute atomic E-state index is 5.48. The summed E-state index contributed by atoms with van der Waals surface area (Å²) < 4.78 is 13.1. The molecule has 0 N–H and O–H groups in total. The third-order valence-corrected chi connectivity index (χ3v) is 4.71. The quantitative estimate of drug-likeness (QED) is 0.732. The predicted octanol–water partition coefficient (Wildman–Crippen LogP) is 3.31. The summed E-state index contributed by atoms with van der Waals surface area (Å²) in [6.45, 7) is 6.40. The number of hydrogen-bond acceptors (Lipinski definition) is 4. The molecule has 1 fully saturated rings. The highest BCUT2D eigenvalue weighted by Crippen LogP contribution is 2.28. The largest absolute Gasteiger partial charge is 0.497 e. The van der Waals surface area contributed by atoms with Crippen molar-refractivity contribution in [3.63, 3.8) is 0 Å². The number of morpholine rings is 1. The van der Waals surface area contributed by atoms with Gasteiger partial charge in [-0.2, -0.15) is 0 Å². The van der Waals surface area contributed by atoms with E-state index in [4.69, 9.17) is 14.5 Å². The molecule has 2 heterocycles. The minimum absolute atomic E-state index is 0.792. The Labute approximate surface area is 147 Å². The molecule has 5 heteroatoms. The monoisotopic (exact) mass is 337 g/mol. The molecule has 2 aromatic carbocycles. The summed E-state index contributed by atoms with van der Waals surface area (Å²) in [6.07, 6.45) is 0. The Morgan fingerprint density at radius 2 is 1.84 bits per heavy atom. The Bertz CT molecular complexity index is 865. The molecule has 1 saturated heterocycles. The van der Waals surface area contributed by atoms with E-state index in [1.54, 1.807) is 7.11 Å². The van der Waals surface area contributed by atoms with Crippen molar-refractivity contribution in [1.29, 1.82) is 0 Å². The molecule has 1 aliphatic rings. The Balaban J connectivity index is 1.80. The number of rotatable bonds is 4. The zero-order valence-corrected chi connectivity index (χ0v) is 14.7. The first-order valence-corrected chi connectivity index (χ1v) is 8.66. The number of hydrogen-bond donors (Lipinski definition) is 0. The van der Waals surface area contributed by atoms with E-state index in [1.807, 2.05) is 12.1 Å². The topological polar surface area (TPSA) is 39.5 Å². The maximum Gasteiger partial charge on any atom is 0.142 e. The van der Waals surface area contributed by atoms with E-state index >= 15 is 0 Å². The molecule has 0 bridgehead atoms. The van der Waals surface area contributed by atoms with Crippen molar-refractivity contribution in [3.8, 4) is 17.1 Å². The van der Waals surface area contributed by atoms with Gasteiger partial charge in [0.2, 0.25) is 0 Å². The molecule has 25 heavy (non-hydrogen) atoms. The average Bonchev–Trinajstić information content (AvgIpc) is 3.01. The zero-order chi connectivity index (χ0) is 17.2. The minimum atomic E-state index is 0.792. The molecule has 0 radical (unpaired) electrons. The zero-order valence-electron chi connectivity index (χ0n) is 14.7. The lowest BCUT2D eigenvalue weighted by Gasteiger charge is -2.27. The number of ether oxygens (including phenoxy) is 2. The van der Waals surface area contributed by atoms with Crippen molar-refractivity contribution in [2.45, 2.75) is 13.6 Å². The maximum atomic E-state index is 5.48. The van der Waals surface area contributed by atoms with E-state index in [0.717, 1.165) is 61.1 Å². The highest BCUT2D eigenvalue weighted by atomic mass is 16.5. The first-order valence-electron chi connectivity index (χ1n) is 8.66. The second-order valence-corrected chi connectivity index (χ2v) is 6.46. The number of nitrogens with zero attached hydrogens (tertiary/aromatic N) is 3. The summed E-state index contributed by atoms with van der Waals surface area (Å²) in [7, 11) is 1.69. The van der Waals surface area contributed by atoms with Crippen LogP contribution in [0.2, 0.25) is 0 Å². The molecule has 3 aromatic rings. The van der Waals surface area contributed by atoms with Crippen LogP contribution >= 0.6 is 0 Å². The molecule has 0 spiro atoms. The van der Waals surface area contributed by atoms with E-state index in [-0.39, 0.29) is 0 Å². The molecule has 4 rings (SSSR count). The number of imidazole rings is 1. The van der Waals surface area contributed by atoms with Gasteiger partial charge in [0.15, 0.2) is 0 Å². The number of benzene rings is 2. The molecule has 1 aliphatic heterocycles. The number of aromatic nitrogens is 2. The van der Waals surface area contributed by atoms with E-state index in [2.05, 4.69) is 46.7 Å². The first-order chi connectivity index (χ1) is 12.2. The van der Waals surface area contributed by atoms with Gasteiger partial charge in [-0.25, -0.2) is 4.98 Å². The second-order valence-electron chi connectivity index (χ2n) is 6.46. The Morgan fingerprint density at radius 1 is 1.08 bits per heavy atom. The van der Waals surface area contributed by atoms with Gasteiger partial charge < -0.3 is 14.0 Å². The summed E-state index contributed by atoms with van der Waals surface area (Å²) in [5.41, 5.74) is 4.47. The van der Waals surface area contributed by atoms with Crippen molar-refractivity contribution in [1.82, 2.24) is 14.5 Å². The fourth-order valence-electron chi connectivity index (χ4n) is 3.25. The molecule has 0 unspecified atom stereocenters. The average molecular weight is 337 g/mol. The van der Waals surface area contributed by atoms with Crippen LogP contribution in [0.4, 0.5) is 0 Å². The van der Waals surface area contributed by atoms with Crippen molar-refractivity contribution in [3.05, 3.63) is 48.0 Å². The molecular weight excluding hydrogens is 314 g/mol. The molecule has 0 atom stereocenters. The van der Waals surface area contributed by atoms with Crippen LogP contribution in [0.15, 0.2) is 42.5 Å². The van der Waals surface area contributed by atoms with E-state index in [9.17, 15) is 0 Å². The van der Waals surface area contributed by atoms with Crippen LogP contribution in [0.1, 0.15) is 5.56 Å². The Morgan fingerprint density at radius 3 is 2.56 bits per heavy atom. The summed E-state index contributed by atoms with van der Waals surface area (Å²) in [6, 6.07) is 14.6. The van der Waals surface area contributed by atoms with Gasteiger partial charge in [0.1, 0.15) is 11.6 Å². The highest BCUT2D eigenvalue weighted by Gasteiger charge is 2.17. The van der Waals surface area contributed by atoms with Crippen LogP contribution in [0.25, 0.3) is 22.4 Å². The van der Waals surface area contributed by atoms with Crippen molar-refractivity contribution in [2.24, 2.45) is 0 Å². The van der Waals surface area contributed by atoms with E-state index < -0.39 is 0 Å². The fraction of sp³-hybridized carbons (Fsp3) is 0.350. The van der Waals surface area contributed by atoms with E-state index in [0.29, 0.717) is 0 Å². The lowest BCUT2D eigenvalue weighted by atomic mass is 10.1. The van der Waals surface area contributed by atoms with Crippen LogP contribution < -0.4 is 4.74 Å². The normalized spacial score (nSPS) is 15.6. The van der Waals surface area contributed by atoms with Crippen LogP contribution in [-0.2, 0) is 11.4 Å². The molecule has 1 aromatic heterocycles. The first kappa shape index (κ1) is 16.1. The van der Waals surface area contributed by atoms with Crippen LogP contribution in [-0.4, -0.2) is 47.9 Å². The van der Waals surface area contributed by atoms with Gasteiger partial charge in [0.05, 0.1) is 38.0 Å². The van der Waals surface area contributed by atoms with Gasteiger partial charge in [0, 0.05) is 24.7 Å². The van der Waals surface area contributed by atoms with Gasteiger partial charge in [-0.1, -0.05) is 29.8 Å².